The van der Waals surface area contributed by atoms with Gasteiger partial charge in [-0.05, 0) is 49.4 Å². The summed E-state index contributed by atoms with van der Waals surface area (Å²) in [6.07, 6.45) is 3.18. The Morgan fingerprint density at radius 1 is 1.28 bits per heavy atom. The van der Waals surface area contributed by atoms with Crippen molar-refractivity contribution in [2.75, 3.05) is 13.1 Å². The molecule has 0 bridgehead atoms. The van der Waals surface area contributed by atoms with Gasteiger partial charge in [-0.15, -0.1) is 0 Å². The maximum atomic E-state index is 12.5. The summed E-state index contributed by atoms with van der Waals surface area (Å²) in [6.45, 7) is 3.29. The molecule has 1 fully saturated rings. The number of halogens is 1. The first kappa shape index (κ1) is 14.0. The third kappa shape index (κ3) is 3.33. The SMILES string of the molecule is CCCN(CC1CC1)S(=O)(=O)c1ccc(Br)cc1. The van der Waals surface area contributed by atoms with Crippen LogP contribution < -0.4 is 0 Å². The van der Waals surface area contributed by atoms with Crippen LogP contribution in [0.5, 0.6) is 0 Å². The molecule has 0 radical (unpaired) electrons. The van der Waals surface area contributed by atoms with Crippen LogP contribution in [0.1, 0.15) is 26.2 Å². The lowest BCUT2D eigenvalue weighted by molar-refractivity contribution is 0.395. The second kappa shape index (κ2) is 5.72. The van der Waals surface area contributed by atoms with Crippen molar-refractivity contribution in [2.45, 2.75) is 31.1 Å². The van der Waals surface area contributed by atoms with Gasteiger partial charge in [-0.3, -0.25) is 0 Å². The normalized spacial score (nSPS) is 16.2. The van der Waals surface area contributed by atoms with E-state index < -0.39 is 10.0 Å². The topological polar surface area (TPSA) is 37.4 Å². The Hall–Kier alpha value is -0.390. The molecule has 0 amide bonds. The Morgan fingerprint density at radius 3 is 2.39 bits per heavy atom. The summed E-state index contributed by atoms with van der Waals surface area (Å²) in [7, 11) is -3.32. The molecule has 18 heavy (non-hydrogen) atoms. The van der Waals surface area contributed by atoms with E-state index in [0.717, 1.165) is 23.7 Å². The van der Waals surface area contributed by atoms with Crippen molar-refractivity contribution in [1.29, 1.82) is 0 Å². The van der Waals surface area contributed by atoms with E-state index in [2.05, 4.69) is 15.9 Å². The van der Waals surface area contributed by atoms with E-state index in [1.165, 1.54) is 0 Å². The molecule has 0 heterocycles. The minimum atomic E-state index is -3.32. The summed E-state index contributed by atoms with van der Waals surface area (Å²) >= 11 is 3.32. The van der Waals surface area contributed by atoms with Gasteiger partial charge in [0.2, 0.25) is 10.0 Å². The molecule has 1 aliphatic rings. The standard InChI is InChI=1S/C13H18BrNO2S/c1-2-9-15(10-11-3-4-11)18(16,17)13-7-5-12(14)6-8-13/h5-8,11H,2-4,9-10H2,1H3. The van der Waals surface area contributed by atoms with E-state index >= 15 is 0 Å². The minimum absolute atomic E-state index is 0.389. The van der Waals surface area contributed by atoms with Crippen molar-refractivity contribution in [1.82, 2.24) is 4.31 Å². The zero-order chi connectivity index (χ0) is 13.2. The van der Waals surface area contributed by atoms with E-state index in [0.29, 0.717) is 23.9 Å². The molecule has 5 heteroatoms. The highest BCUT2D eigenvalue weighted by atomic mass is 79.9. The van der Waals surface area contributed by atoms with Crippen molar-refractivity contribution in [3.8, 4) is 0 Å². The number of benzene rings is 1. The summed E-state index contributed by atoms with van der Waals surface area (Å²) in [4.78, 5) is 0.389. The molecule has 0 atom stereocenters. The average molecular weight is 332 g/mol. The second-order valence-corrected chi connectivity index (χ2v) is 7.61. The molecular formula is C13H18BrNO2S. The minimum Gasteiger partial charge on any atom is -0.207 e. The molecule has 1 aromatic rings. The Balaban J connectivity index is 2.22. The average Bonchev–Trinajstić information content (AvgIpc) is 3.13. The van der Waals surface area contributed by atoms with E-state index in [1.54, 1.807) is 28.6 Å². The molecule has 2 rings (SSSR count). The molecule has 0 aromatic heterocycles. The lowest BCUT2D eigenvalue weighted by Crippen LogP contribution is -2.33. The van der Waals surface area contributed by atoms with Crippen molar-refractivity contribution < 1.29 is 8.42 Å². The summed E-state index contributed by atoms with van der Waals surface area (Å²) in [6, 6.07) is 6.87. The van der Waals surface area contributed by atoms with Crippen molar-refractivity contribution in [3.05, 3.63) is 28.7 Å². The highest BCUT2D eigenvalue weighted by molar-refractivity contribution is 9.10. The molecular weight excluding hydrogens is 314 g/mol. The predicted molar refractivity (Wildman–Crippen MR) is 75.9 cm³/mol. The van der Waals surface area contributed by atoms with Gasteiger partial charge in [0, 0.05) is 17.6 Å². The number of nitrogens with zero attached hydrogens (tertiary/aromatic N) is 1. The third-order valence-corrected chi connectivity index (χ3v) is 5.49. The van der Waals surface area contributed by atoms with Gasteiger partial charge in [-0.1, -0.05) is 22.9 Å². The molecule has 100 valence electrons. The van der Waals surface area contributed by atoms with Gasteiger partial charge >= 0.3 is 0 Å². The van der Waals surface area contributed by atoms with E-state index in [-0.39, 0.29) is 0 Å². The van der Waals surface area contributed by atoms with Crippen LogP contribution in [-0.4, -0.2) is 25.8 Å². The molecule has 3 nitrogen and oxygen atoms in total. The van der Waals surface area contributed by atoms with Crippen LogP contribution >= 0.6 is 15.9 Å². The van der Waals surface area contributed by atoms with Crippen LogP contribution in [-0.2, 0) is 10.0 Å². The highest BCUT2D eigenvalue weighted by Gasteiger charge is 2.30. The zero-order valence-corrected chi connectivity index (χ0v) is 12.9. The van der Waals surface area contributed by atoms with Gasteiger partial charge in [-0.25, -0.2) is 8.42 Å². The van der Waals surface area contributed by atoms with Gasteiger partial charge in [-0.2, -0.15) is 4.31 Å². The smallest absolute Gasteiger partial charge is 0.207 e. The second-order valence-electron chi connectivity index (χ2n) is 4.76. The Labute approximate surface area is 117 Å². The first-order chi connectivity index (χ1) is 8.54. The van der Waals surface area contributed by atoms with E-state index in [9.17, 15) is 8.42 Å². The molecule has 0 N–H and O–H groups in total. The first-order valence-corrected chi connectivity index (χ1v) is 8.53. The van der Waals surface area contributed by atoms with Crippen LogP contribution in [0.25, 0.3) is 0 Å². The van der Waals surface area contributed by atoms with Crippen LogP contribution in [0.15, 0.2) is 33.6 Å². The fraction of sp³-hybridized carbons (Fsp3) is 0.538. The third-order valence-electron chi connectivity index (χ3n) is 3.08. The highest BCUT2D eigenvalue weighted by Crippen LogP contribution is 2.31. The summed E-state index contributed by atoms with van der Waals surface area (Å²) < 4.78 is 27.5. The van der Waals surface area contributed by atoms with Crippen LogP contribution in [0.4, 0.5) is 0 Å². The number of rotatable bonds is 6. The summed E-state index contributed by atoms with van der Waals surface area (Å²) in [5, 5.41) is 0. The molecule has 0 unspecified atom stereocenters. The molecule has 1 aliphatic carbocycles. The van der Waals surface area contributed by atoms with E-state index in [4.69, 9.17) is 0 Å². The van der Waals surface area contributed by atoms with Gasteiger partial charge < -0.3 is 0 Å². The predicted octanol–water partition coefficient (Wildman–Crippen LogP) is 3.26. The van der Waals surface area contributed by atoms with Crippen LogP contribution in [0, 0.1) is 5.92 Å². The maximum absolute atomic E-state index is 12.5. The molecule has 0 spiro atoms. The van der Waals surface area contributed by atoms with Crippen LogP contribution in [0.3, 0.4) is 0 Å². The van der Waals surface area contributed by atoms with Crippen molar-refractivity contribution in [2.24, 2.45) is 5.92 Å². The summed E-state index contributed by atoms with van der Waals surface area (Å²) in [5.74, 6) is 0.571. The molecule has 0 saturated heterocycles. The van der Waals surface area contributed by atoms with Gasteiger partial charge in [0.1, 0.15) is 0 Å². The quantitative estimate of drug-likeness (QED) is 0.802. The monoisotopic (exact) mass is 331 g/mol. The Bertz CT molecular complexity index is 494. The number of hydrogen-bond donors (Lipinski definition) is 0. The van der Waals surface area contributed by atoms with Crippen molar-refractivity contribution in [3.63, 3.8) is 0 Å². The Kier molecular flexibility index (Phi) is 4.45. The van der Waals surface area contributed by atoms with Gasteiger partial charge in [0.05, 0.1) is 4.90 Å². The maximum Gasteiger partial charge on any atom is 0.243 e. The number of sulfonamides is 1. The fourth-order valence-corrected chi connectivity index (χ4v) is 3.78. The van der Waals surface area contributed by atoms with Crippen molar-refractivity contribution >= 4 is 26.0 Å². The molecule has 1 aromatic carbocycles. The fourth-order valence-electron chi connectivity index (χ4n) is 1.90. The largest absolute Gasteiger partial charge is 0.243 e. The first-order valence-electron chi connectivity index (χ1n) is 6.29. The number of hydrogen-bond acceptors (Lipinski definition) is 2. The van der Waals surface area contributed by atoms with Gasteiger partial charge in [0.25, 0.3) is 0 Å². The molecule has 1 saturated carbocycles. The lowest BCUT2D eigenvalue weighted by atomic mass is 10.4. The lowest BCUT2D eigenvalue weighted by Gasteiger charge is -2.21. The Morgan fingerprint density at radius 2 is 1.89 bits per heavy atom. The van der Waals surface area contributed by atoms with Gasteiger partial charge in [0.15, 0.2) is 0 Å². The van der Waals surface area contributed by atoms with Crippen LogP contribution in [0.2, 0.25) is 0 Å². The summed E-state index contributed by atoms with van der Waals surface area (Å²) in [5.41, 5.74) is 0. The van der Waals surface area contributed by atoms with E-state index in [1.807, 2.05) is 6.92 Å². The molecule has 0 aliphatic heterocycles. The zero-order valence-electron chi connectivity index (χ0n) is 10.5.